The smallest absolute Gasteiger partial charge is 0.312 e. The Bertz CT molecular complexity index is 1120. The van der Waals surface area contributed by atoms with Crippen molar-refractivity contribution < 1.29 is 29.0 Å². The fourth-order valence-electron chi connectivity index (χ4n) is 6.15. The molecule has 1 spiro atoms. The number of cyclic esters (lactones) is 1. The van der Waals surface area contributed by atoms with Crippen LogP contribution in [-0.4, -0.2) is 71.3 Å². The summed E-state index contributed by atoms with van der Waals surface area (Å²) in [5.74, 6) is -2.92. The Kier molecular flexibility index (Phi) is 6.70. The normalized spacial score (nSPS) is 32.5. The van der Waals surface area contributed by atoms with Gasteiger partial charge >= 0.3 is 5.97 Å². The number of hydrogen-bond acceptors (Lipinski definition) is 6. The molecule has 2 amide bonds. The van der Waals surface area contributed by atoms with Crippen LogP contribution in [0, 0.1) is 17.8 Å². The summed E-state index contributed by atoms with van der Waals surface area (Å²) in [6, 6.07) is 5.35. The Morgan fingerprint density at radius 3 is 2.67 bits per heavy atom. The number of aliphatic hydroxyl groups excluding tert-OH is 1. The van der Waals surface area contributed by atoms with E-state index in [0.29, 0.717) is 23.6 Å². The second kappa shape index (κ2) is 9.65. The molecule has 0 saturated carbocycles. The van der Waals surface area contributed by atoms with Gasteiger partial charge in [0.15, 0.2) is 0 Å². The van der Waals surface area contributed by atoms with Crippen molar-refractivity contribution in [3.8, 4) is 0 Å². The van der Waals surface area contributed by atoms with Gasteiger partial charge in [0.2, 0.25) is 5.91 Å². The van der Waals surface area contributed by atoms with Crippen LogP contribution in [0.1, 0.15) is 26.7 Å². The predicted molar refractivity (Wildman–Crippen MR) is 133 cm³/mol. The molecule has 1 unspecified atom stereocenters. The number of benzene rings is 1. The van der Waals surface area contributed by atoms with E-state index in [1.165, 1.54) is 4.90 Å². The van der Waals surface area contributed by atoms with Gasteiger partial charge in [-0.25, -0.2) is 0 Å². The number of amides is 2. The van der Waals surface area contributed by atoms with Gasteiger partial charge in [0.1, 0.15) is 17.6 Å². The number of rotatable bonds is 5. The van der Waals surface area contributed by atoms with Crippen molar-refractivity contribution in [1.82, 2.24) is 4.90 Å². The maximum Gasteiger partial charge on any atom is 0.312 e. The number of fused-ring (bicyclic) bond motifs is 2. The molecule has 4 heterocycles. The molecule has 0 aliphatic carbocycles. The summed E-state index contributed by atoms with van der Waals surface area (Å²) in [4.78, 5) is 44.7. The van der Waals surface area contributed by atoms with E-state index in [2.05, 4.69) is 0 Å². The van der Waals surface area contributed by atoms with Crippen LogP contribution in [0.4, 0.5) is 5.69 Å². The fourth-order valence-corrected chi connectivity index (χ4v) is 6.38. The van der Waals surface area contributed by atoms with Crippen LogP contribution in [0.15, 0.2) is 48.6 Å². The summed E-state index contributed by atoms with van der Waals surface area (Å²) in [5, 5.41) is 10.8. The third kappa shape index (κ3) is 3.86. The molecule has 9 heteroatoms. The van der Waals surface area contributed by atoms with Crippen molar-refractivity contribution in [3.63, 3.8) is 0 Å². The van der Waals surface area contributed by atoms with Gasteiger partial charge in [-0.3, -0.25) is 14.4 Å². The first-order valence-corrected chi connectivity index (χ1v) is 12.9. The van der Waals surface area contributed by atoms with Crippen molar-refractivity contribution in [1.29, 1.82) is 0 Å². The summed E-state index contributed by atoms with van der Waals surface area (Å²) < 4.78 is 12.0. The number of aliphatic hydroxyl groups is 1. The highest BCUT2D eigenvalue weighted by Gasteiger charge is 2.72. The van der Waals surface area contributed by atoms with E-state index in [0.717, 1.165) is 0 Å². The van der Waals surface area contributed by atoms with E-state index in [1.54, 1.807) is 47.4 Å². The van der Waals surface area contributed by atoms with Gasteiger partial charge < -0.3 is 24.4 Å². The average Bonchev–Trinajstić information content (AvgIpc) is 3.22. The van der Waals surface area contributed by atoms with E-state index < -0.39 is 41.6 Å². The number of halogens is 1. The Morgan fingerprint density at radius 1 is 1.17 bits per heavy atom. The van der Waals surface area contributed by atoms with Crippen LogP contribution >= 0.6 is 11.6 Å². The molecule has 36 heavy (non-hydrogen) atoms. The molecule has 8 nitrogen and oxygen atoms in total. The van der Waals surface area contributed by atoms with Gasteiger partial charge in [0.05, 0.1) is 42.0 Å². The molecule has 5 rings (SSSR count). The molecule has 2 saturated heterocycles. The van der Waals surface area contributed by atoms with Crippen LogP contribution < -0.4 is 4.90 Å². The maximum absolute atomic E-state index is 14.3. The summed E-state index contributed by atoms with van der Waals surface area (Å²) in [6.45, 7) is 4.12. The molecule has 192 valence electrons. The number of esters is 1. The highest BCUT2D eigenvalue weighted by atomic mass is 35.5. The van der Waals surface area contributed by atoms with Gasteiger partial charge in [-0.05, 0) is 30.9 Å². The lowest BCUT2D eigenvalue weighted by Crippen LogP contribution is -2.58. The van der Waals surface area contributed by atoms with Crippen molar-refractivity contribution >= 4 is 35.1 Å². The molecular formula is C27H31ClN2O6. The van der Waals surface area contributed by atoms with Gasteiger partial charge in [0.25, 0.3) is 5.91 Å². The molecular weight excluding hydrogens is 484 g/mol. The van der Waals surface area contributed by atoms with E-state index in [4.69, 9.17) is 21.1 Å². The first kappa shape index (κ1) is 25.0. The predicted octanol–water partition coefficient (Wildman–Crippen LogP) is 2.73. The zero-order valence-electron chi connectivity index (χ0n) is 20.4. The molecule has 0 aromatic heterocycles. The second-order valence-electron chi connectivity index (χ2n) is 10.2. The molecule has 1 N–H and O–H groups in total. The Morgan fingerprint density at radius 2 is 1.94 bits per heavy atom. The zero-order valence-corrected chi connectivity index (χ0v) is 21.1. The topological polar surface area (TPSA) is 96.4 Å². The first-order valence-electron chi connectivity index (χ1n) is 12.5. The number of likely N-dealkylation sites (tertiary alicyclic amines) is 1. The lowest BCUT2D eigenvalue weighted by Gasteiger charge is -2.39. The highest BCUT2D eigenvalue weighted by Crippen LogP contribution is 2.54. The number of hydrogen-bond donors (Lipinski definition) is 1. The van der Waals surface area contributed by atoms with E-state index in [-0.39, 0.29) is 37.5 Å². The van der Waals surface area contributed by atoms with Crippen LogP contribution in [0.5, 0.6) is 0 Å². The van der Waals surface area contributed by atoms with E-state index in [9.17, 15) is 19.5 Å². The summed E-state index contributed by atoms with van der Waals surface area (Å²) >= 11 is 6.47. The fraction of sp³-hybridized carbons (Fsp3) is 0.519. The van der Waals surface area contributed by atoms with Crippen LogP contribution in [0.2, 0.25) is 5.02 Å². The Hall–Kier alpha value is -2.68. The van der Waals surface area contributed by atoms with Crippen LogP contribution in [0.25, 0.3) is 0 Å². The standard InChI is InChI=1S/C27H31ClN2O6/c1-16(2)14-17(15-31)30-23-25(33)29(19-9-4-3-8-18(19)28)12-7-11-27(23)22(24(30)32)21-20(36-27)10-5-6-13-35-26(21)34/h3-5,7-11,16-17,20-23,31H,6,12-15H2,1-2H3/t17-,20+,21-,22+,23?,27+/m1/s1. The van der Waals surface area contributed by atoms with Crippen LogP contribution in [-0.2, 0) is 23.9 Å². The lowest BCUT2D eigenvalue weighted by molar-refractivity contribution is -0.155. The minimum atomic E-state index is -1.38. The van der Waals surface area contributed by atoms with Crippen molar-refractivity contribution in [2.24, 2.45) is 17.8 Å². The summed E-state index contributed by atoms with van der Waals surface area (Å²) in [6.07, 6.45) is 7.60. The number of anilines is 1. The third-order valence-electron chi connectivity index (χ3n) is 7.55. The van der Waals surface area contributed by atoms with Crippen molar-refractivity contribution in [3.05, 3.63) is 53.6 Å². The number of nitrogens with zero attached hydrogens (tertiary/aromatic N) is 2. The molecule has 0 bridgehead atoms. The average molecular weight is 515 g/mol. The number of carbonyl (C=O) groups is 3. The molecule has 4 aliphatic rings. The lowest BCUT2D eigenvalue weighted by atomic mass is 9.77. The minimum absolute atomic E-state index is 0.158. The Labute approximate surface area is 215 Å². The van der Waals surface area contributed by atoms with Crippen molar-refractivity contribution in [2.75, 3.05) is 24.7 Å². The molecule has 2 fully saturated rings. The SMILES string of the molecule is CC(C)C[C@H](CO)N1C(=O)[C@@H]2[C@@H]3C(=O)OCCC=C[C@@H]3O[C@@]23C=CCN(c2ccccc2Cl)C(=O)C13. The Balaban J connectivity index is 1.66. The van der Waals surface area contributed by atoms with E-state index >= 15 is 0 Å². The third-order valence-corrected chi connectivity index (χ3v) is 7.87. The minimum Gasteiger partial charge on any atom is -0.465 e. The molecule has 0 radical (unpaired) electrons. The quantitative estimate of drug-likeness (QED) is 0.479. The van der Waals surface area contributed by atoms with Gasteiger partial charge in [-0.2, -0.15) is 0 Å². The number of ether oxygens (including phenoxy) is 2. The maximum atomic E-state index is 14.3. The molecule has 1 aromatic carbocycles. The largest absolute Gasteiger partial charge is 0.465 e. The van der Waals surface area contributed by atoms with Crippen LogP contribution in [0.3, 0.4) is 0 Å². The van der Waals surface area contributed by atoms with Gasteiger partial charge in [-0.15, -0.1) is 0 Å². The van der Waals surface area contributed by atoms with Crippen molar-refractivity contribution in [2.45, 2.75) is 50.5 Å². The van der Waals surface area contributed by atoms with Gasteiger partial charge in [-0.1, -0.05) is 61.9 Å². The summed E-state index contributed by atoms with van der Waals surface area (Å²) in [7, 11) is 0. The van der Waals surface area contributed by atoms with E-state index in [1.807, 2.05) is 19.9 Å². The zero-order chi connectivity index (χ0) is 25.6. The number of carbonyl (C=O) groups excluding carboxylic acids is 3. The second-order valence-corrected chi connectivity index (χ2v) is 10.6. The molecule has 4 aliphatic heterocycles. The highest BCUT2D eigenvalue weighted by molar-refractivity contribution is 6.34. The monoisotopic (exact) mass is 514 g/mol. The molecule has 6 atom stereocenters. The van der Waals surface area contributed by atoms with Gasteiger partial charge in [0, 0.05) is 6.54 Å². The summed E-state index contributed by atoms with van der Waals surface area (Å²) in [5.41, 5.74) is -0.855. The number of para-hydroxylation sites is 1. The molecule has 1 aromatic rings. The first-order chi connectivity index (χ1) is 17.3.